The molecule has 0 fully saturated rings. The largest absolute Gasteiger partial charge is 0.324 e. The van der Waals surface area contributed by atoms with Gasteiger partial charge in [0.2, 0.25) is 0 Å². The van der Waals surface area contributed by atoms with Crippen LogP contribution in [0.2, 0.25) is 0 Å². The SMILES string of the molecule is CCC(N)c1ccc(C(C)C)cc1C(C)C. The van der Waals surface area contributed by atoms with Crippen molar-refractivity contribution in [2.45, 2.75) is 58.9 Å². The van der Waals surface area contributed by atoms with Crippen LogP contribution in [0.25, 0.3) is 0 Å². The van der Waals surface area contributed by atoms with Crippen LogP contribution in [0.15, 0.2) is 18.2 Å². The zero-order valence-corrected chi connectivity index (χ0v) is 11.2. The van der Waals surface area contributed by atoms with E-state index in [-0.39, 0.29) is 6.04 Å². The summed E-state index contributed by atoms with van der Waals surface area (Å²) in [7, 11) is 0. The van der Waals surface area contributed by atoms with Crippen molar-refractivity contribution in [3.63, 3.8) is 0 Å². The summed E-state index contributed by atoms with van der Waals surface area (Å²) in [5.41, 5.74) is 10.3. The first-order chi connectivity index (χ1) is 7.47. The second-order valence-electron chi connectivity index (χ2n) is 5.21. The van der Waals surface area contributed by atoms with Crippen LogP contribution in [0, 0.1) is 0 Å². The molecule has 1 heteroatoms. The second kappa shape index (κ2) is 5.49. The molecule has 2 N–H and O–H groups in total. The van der Waals surface area contributed by atoms with Crippen molar-refractivity contribution in [3.8, 4) is 0 Å². The highest BCUT2D eigenvalue weighted by Gasteiger charge is 2.13. The van der Waals surface area contributed by atoms with Crippen LogP contribution in [0.4, 0.5) is 0 Å². The van der Waals surface area contributed by atoms with Gasteiger partial charge < -0.3 is 5.73 Å². The third kappa shape index (κ3) is 2.85. The van der Waals surface area contributed by atoms with Crippen molar-refractivity contribution >= 4 is 0 Å². The lowest BCUT2D eigenvalue weighted by Crippen LogP contribution is -2.12. The van der Waals surface area contributed by atoms with Gasteiger partial charge >= 0.3 is 0 Å². The van der Waals surface area contributed by atoms with E-state index in [0.29, 0.717) is 11.8 Å². The van der Waals surface area contributed by atoms with Crippen LogP contribution in [0.5, 0.6) is 0 Å². The third-order valence-electron chi connectivity index (χ3n) is 3.24. The predicted octanol–water partition coefficient (Wildman–Crippen LogP) is 4.34. The van der Waals surface area contributed by atoms with Gasteiger partial charge in [-0.25, -0.2) is 0 Å². The smallest absolute Gasteiger partial charge is 0.0295 e. The van der Waals surface area contributed by atoms with Gasteiger partial charge in [-0.3, -0.25) is 0 Å². The van der Waals surface area contributed by atoms with Gasteiger partial charge in [0.25, 0.3) is 0 Å². The number of hydrogen-bond donors (Lipinski definition) is 1. The molecule has 0 spiro atoms. The maximum absolute atomic E-state index is 6.16. The zero-order valence-electron chi connectivity index (χ0n) is 11.2. The average Bonchev–Trinajstić information content (AvgIpc) is 2.26. The Morgan fingerprint density at radius 3 is 2.06 bits per heavy atom. The molecular formula is C15H25N. The minimum Gasteiger partial charge on any atom is -0.324 e. The molecule has 16 heavy (non-hydrogen) atoms. The van der Waals surface area contributed by atoms with E-state index < -0.39 is 0 Å². The van der Waals surface area contributed by atoms with E-state index in [1.807, 2.05) is 0 Å². The minimum atomic E-state index is 0.179. The Balaban J connectivity index is 3.19. The first-order valence-electron chi connectivity index (χ1n) is 6.36. The Hall–Kier alpha value is -0.820. The van der Waals surface area contributed by atoms with Crippen molar-refractivity contribution in [2.75, 3.05) is 0 Å². The van der Waals surface area contributed by atoms with Gasteiger partial charge in [0.15, 0.2) is 0 Å². The molecule has 0 aliphatic heterocycles. The Labute approximate surface area is 100 Å². The van der Waals surface area contributed by atoms with Crippen molar-refractivity contribution < 1.29 is 0 Å². The topological polar surface area (TPSA) is 26.0 Å². The maximum atomic E-state index is 6.16. The van der Waals surface area contributed by atoms with Crippen molar-refractivity contribution in [2.24, 2.45) is 5.73 Å². The van der Waals surface area contributed by atoms with Gasteiger partial charge in [-0.2, -0.15) is 0 Å². The highest BCUT2D eigenvalue weighted by molar-refractivity contribution is 5.37. The van der Waals surface area contributed by atoms with Crippen LogP contribution in [-0.4, -0.2) is 0 Å². The van der Waals surface area contributed by atoms with E-state index in [1.54, 1.807) is 0 Å². The molecule has 0 amide bonds. The normalized spacial score (nSPS) is 13.5. The zero-order chi connectivity index (χ0) is 12.3. The lowest BCUT2D eigenvalue weighted by molar-refractivity contribution is 0.676. The Morgan fingerprint density at radius 2 is 1.62 bits per heavy atom. The molecule has 0 aliphatic rings. The predicted molar refractivity (Wildman–Crippen MR) is 71.8 cm³/mol. The lowest BCUT2D eigenvalue weighted by Gasteiger charge is -2.20. The van der Waals surface area contributed by atoms with Crippen LogP contribution < -0.4 is 5.73 Å². The van der Waals surface area contributed by atoms with Crippen LogP contribution in [0.3, 0.4) is 0 Å². The van der Waals surface area contributed by atoms with Gasteiger partial charge in [0.05, 0.1) is 0 Å². The summed E-state index contributed by atoms with van der Waals surface area (Å²) in [6.07, 6.45) is 1.00. The number of nitrogens with two attached hydrogens (primary N) is 1. The van der Waals surface area contributed by atoms with E-state index in [1.165, 1.54) is 16.7 Å². The van der Waals surface area contributed by atoms with Crippen LogP contribution >= 0.6 is 0 Å². The summed E-state index contributed by atoms with van der Waals surface area (Å²) < 4.78 is 0. The molecule has 0 bridgehead atoms. The summed E-state index contributed by atoms with van der Waals surface area (Å²) >= 11 is 0. The fraction of sp³-hybridized carbons (Fsp3) is 0.600. The second-order valence-corrected chi connectivity index (χ2v) is 5.21. The minimum absolute atomic E-state index is 0.179. The fourth-order valence-electron chi connectivity index (χ4n) is 2.01. The summed E-state index contributed by atoms with van der Waals surface area (Å²) in [6, 6.07) is 6.96. The molecule has 90 valence electrons. The molecule has 0 saturated carbocycles. The van der Waals surface area contributed by atoms with E-state index >= 15 is 0 Å². The Bertz CT molecular complexity index is 339. The van der Waals surface area contributed by atoms with Crippen LogP contribution in [0.1, 0.15) is 75.6 Å². The summed E-state index contributed by atoms with van der Waals surface area (Å²) in [6.45, 7) is 11.1. The van der Waals surface area contributed by atoms with Crippen molar-refractivity contribution in [1.82, 2.24) is 0 Å². The van der Waals surface area contributed by atoms with E-state index in [2.05, 4.69) is 52.8 Å². The molecule has 0 aromatic heterocycles. The molecule has 0 saturated heterocycles. The fourth-order valence-corrected chi connectivity index (χ4v) is 2.01. The van der Waals surface area contributed by atoms with Gasteiger partial charge in [0.1, 0.15) is 0 Å². The molecule has 0 aliphatic carbocycles. The molecule has 1 nitrogen and oxygen atoms in total. The maximum Gasteiger partial charge on any atom is 0.0295 e. The van der Waals surface area contributed by atoms with E-state index in [0.717, 1.165) is 6.42 Å². The van der Waals surface area contributed by atoms with Gasteiger partial charge in [-0.15, -0.1) is 0 Å². The average molecular weight is 219 g/mol. The molecule has 1 rings (SSSR count). The molecule has 1 aromatic carbocycles. The quantitative estimate of drug-likeness (QED) is 0.800. The standard InChI is InChI=1S/C15H25N/c1-6-15(16)13-8-7-12(10(2)3)9-14(13)11(4)5/h7-11,15H,6,16H2,1-5H3. The van der Waals surface area contributed by atoms with Gasteiger partial charge in [0, 0.05) is 6.04 Å². The molecule has 1 aromatic rings. The summed E-state index contributed by atoms with van der Waals surface area (Å²) in [5, 5.41) is 0. The first-order valence-corrected chi connectivity index (χ1v) is 6.36. The monoisotopic (exact) mass is 219 g/mol. The van der Waals surface area contributed by atoms with Gasteiger partial charge in [-0.05, 0) is 34.9 Å². The van der Waals surface area contributed by atoms with Crippen molar-refractivity contribution in [1.29, 1.82) is 0 Å². The van der Waals surface area contributed by atoms with Crippen LogP contribution in [-0.2, 0) is 0 Å². The molecule has 1 atom stereocenters. The number of hydrogen-bond acceptors (Lipinski definition) is 1. The van der Waals surface area contributed by atoms with E-state index in [9.17, 15) is 0 Å². The van der Waals surface area contributed by atoms with Crippen molar-refractivity contribution in [3.05, 3.63) is 34.9 Å². The first kappa shape index (κ1) is 13.2. The number of benzene rings is 1. The van der Waals surface area contributed by atoms with E-state index in [4.69, 9.17) is 5.73 Å². The third-order valence-corrected chi connectivity index (χ3v) is 3.24. The highest BCUT2D eigenvalue weighted by Crippen LogP contribution is 2.28. The molecule has 1 unspecified atom stereocenters. The Morgan fingerprint density at radius 1 is 1.00 bits per heavy atom. The Kier molecular flexibility index (Phi) is 4.55. The number of rotatable bonds is 4. The summed E-state index contributed by atoms with van der Waals surface area (Å²) in [5.74, 6) is 1.13. The molecule has 0 radical (unpaired) electrons. The lowest BCUT2D eigenvalue weighted by atomic mass is 9.88. The highest BCUT2D eigenvalue weighted by atomic mass is 14.6. The summed E-state index contributed by atoms with van der Waals surface area (Å²) in [4.78, 5) is 0. The molecular weight excluding hydrogens is 194 g/mol. The molecule has 0 heterocycles. The van der Waals surface area contributed by atoms with Gasteiger partial charge in [-0.1, -0.05) is 52.8 Å².